The van der Waals surface area contributed by atoms with Gasteiger partial charge in [-0.25, -0.2) is 14.6 Å². The van der Waals surface area contributed by atoms with Gasteiger partial charge in [0.15, 0.2) is 0 Å². The molecule has 2 aromatic heterocycles. The molecular weight excluding hydrogens is 382 g/mol. The molecular formula is C22H19N5OS. The van der Waals surface area contributed by atoms with Gasteiger partial charge in [0.1, 0.15) is 17.7 Å². The maximum absolute atomic E-state index is 12.9. The Morgan fingerprint density at radius 3 is 2.55 bits per heavy atom. The van der Waals surface area contributed by atoms with Crippen LogP contribution in [0.15, 0.2) is 95.5 Å². The third-order valence-electron chi connectivity index (χ3n) is 4.40. The normalized spacial score (nSPS) is 11.8. The van der Waals surface area contributed by atoms with Crippen LogP contribution in [-0.4, -0.2) is 25.7 Å². The molecule has 0 saturated heterocycles. The molecule has 0 fully saturated rings. The summed E-state index contributed by atoms with van der Waals surface area (Å²) in [6.07, 6.45) is 4.85. The van der Waals surface area contributed by atoms with Gasteiger partial charge in [0.05, 0.1) is 17.3 Å². The van der Waals surface area contributed by atoms with Gasteiger partial charge in [-0.1, -0.05) is 42.1 Å². The smallest absolute Gasteiger partial charge is 0.254 e. The van der Waals surface area contributed by atoms with Crippen LogP contribution in [0.5, 0.6) is 0 Å². The first-order valence-corrected chi connectivity index (χ1v) is 9.96. The summed E-state index contributed by atoms with van der Waals surface area (Å²) in [5.41, 5.74) is 2.48. The van der Waals surface area contributed by atoms with Gasteiger partial charge in [-0.2, -0.15) is 5.10 Å². The van der Waals surface area contributed by atoms with Crippen LogP contribution < -0.4 is 5.32 Å². The lowest BCUT2D eigenvalue weighted by Crippen LogP contribution is -2.27. The summed E-state index contributed by atoms with van der Waals surface area (Å²) in [6.45, 7) is 1.96. The van der Waals surface area contributed by atoms with E-state index >= 15 is 0 Å². The van der Waals surface area contributed by atoms with E-state index in [9.17, 15) is 4.79 Å². The minimum absolute atomic E-state index is 0.149. The molecule has 2 heterocycles. The molecule has 1 N–H and O–H groups in total. The minimum Gasteiger partial charge on any atom is -0.345 e. The van der Waals surface area contributed by atoms with E-state index in [4.69, 9.17) is 0 Å². The van der Waals surface area contributed by atoms with Crippen molar-refractivity contribution in [1.82, 2.24) is 25.1 Å². The topological polar surface area (TPSA) is 72.7 Å². The Morgan fingerprint density at radius 2 is 1.83 bits per heavy atom. The van der Waals surface area contributed by atoms with Crippen molar-refractivity contribution >= 4 is 17.7 Å². The van der Waals surface area contributed by atoms with E-state index in [1.54, 1.807) is 29.3 Å². The molecule has 6 nitrogen and oxygen atoms in total. The molecule has 29 heavy (non-hydrogen) atoms. The molecule has 0 spiro atoms. The Labute approximate surface area is 173 Å². The highest BCUT2D eigenvalue weighted by Gasteiger charge is 2.16. The summed E-state index contributed by atoms with van der Waals surface area (Å²) < 4.78 is 1.69. The van der Waals surface area contributed by atoms with E-state index < -0.39 is 0 Å². The van der Waals surface area contributed by atoms with E-state index in [0.29, 0.717) is 10.6 Å². The van der Waals surface area contributed by atoms with Crippen molar-refractivity contribution in [2.45, 2.75) is 22.9 Å². The zero-order valence-corrected chi connectivity index (χ0v) is 16.6. The van der Waals surface area contributed by atoms with Crippen molar-refractivity contribution in [1.29, 1.82) is 0 Å². The third kappa shape index (κ3) is 4.52. The van der Waals surface area contributed by atoms with Crippen molar-refractivity contribution in [2.24, 2.45) is 0 Å². The number of aromatic nitrogens is 4. The van der Waals surface area contributed by atoms with Crippen molar-refractivity contribution in [3.05, 3.63) is 96.7 Å². The molecule has 0 bridgehead atoms. The van der Waals surface area contributed by atoms with E-state index in [0.717, 1.165) is 16.1 Å². The van der Waals surface area contributed by atoms with Crippen LogP contribution in [0.4, 0.5) is 0 Å². The van der Waals surface area contributed by atoms with Crippen molar-refractivity contribution < 1.29 is 4.79 Å². The highest BCUT2D eigenvalue weighted by Crippen LogP contribution is 2.28. The van der Waals surface area contributed by atoms with Crippen LogP contribution in [0.3, 0.4) is 0 Å². The Bertz CT molecular complexity index is 1080. The quantitative estimate of drug-likeness (QED) is 0.521. The fourth-order valence-corrected chi connectivity index (χ4v) is 3.76. The maximum atomic E-state index is 12.9. The van der Waals surface area contributed by atoms with Gasteiger partial charge in [0, 0.05) is 11.1 Å². The van der Waals surface area contributed by atoms with Gasteiger partial charge >= 0.3 is 0 Å². The molecule has 0 saturated carbocycles. The number of nitrogens with zero attached hydrogens (tertiary/aromatic N) is 4. The first kappa shape index (κ1) is 18.9. The summed E-state index contributed by atoms with van der Waals surface area (Å²) >= 11 is 1.48. The number of pyridine rings is 1. The second-order valence-corrected chi connectivity index (χ2v) is 7.46. The number of amides is 1. The molecule has 7 heteroatoms. The minimum atomic E-state index is -0.151. The number of carbonyl (C=O) groups is 1. The Morgan fingerprint density at radius 1 is 1.03 bits per heavy atom. The van der Waals surface area contributed by atoms with Crippen LogP contribution in [0.1, 0.15) is 28.9 Å². The third-order valence-corrected chi connectivity index (χ3v) is 5.42. The number of nitrogens with one attached hydrogen (secondary N) is 1. The number of carbonyl (C=O) groups excluding carboxylic acids is 1. The lowest BCUT2D eigenvalue weighted by atomic mass is 10.1. The molecule has 1 unspecified atom stereocenters. The first-order valence-electron chi connectivity index (χ1n) is 9.14. The van der Waals surface area contributed by atoms with Crippen LogP contribution in [0, 0.1) is 0 Å². The zero-order valence-electron chi connectivity index (χ0n) is 15.8. The molecule has 4 rings (SSSR count). The fourth-order valence-electron chi connectivity index (χ4n) is 2.86. The Kier molecular flexibility index (Phi) is 5.67. The lowest BCUT2D eigenvalue weighted by molar-refractivity contribution is 0.0936. The van der Waals surface area contributed by atoms with Crippen molar-refractivity contribution in [3.8, 4) is 5.69 Å². The molecule has 0 aliphatic rings. The summed E-state index contributed by atoms with van der Waals surface area (Å²) in [5, 5.41) is 7.87. The zero-order chi connectivity index (χ0) is 20.1. The highest BCUT2D eigenvalue weighted by atomic mass is 32.2. The average Bonchev–Trinajstić information content (AvgIpc) is 3.30. The van der Waals surface area contributed by atoms with Gasteiger partial charge in [0.2, 0.25) is 0 Å². The van der Waals surface area contributed by atoms with Crippen LogP contribution in [-0.2, 0) is 0 Å². The van der Waals surface area contributed by atoms with Gasteiger partial charge in [-0.15, -0.1) is 0 Å². The number of rotatable bonds is 6. The molecule has 0 aliphatic carbocycles. The predicted octanol–water partition coefficient (Wildman–Crippen LogP) is 4.30. The average molecular weight is 401 g/mol. The second kappa shape index (κ2) is 8.70. The summed E-state index contributed by atoms with van der Waals surface area (Å²) in [4.78, 5) is 22.3. The lowest BCUT2D eigenvalue weighted by Gasteiger charge is -2.16. The van der Waals surface area contributed by atoms with E-state index in [2.05, 4.69) is 20.4 Å². The van der Waals surface area contributed by atoms with Gasteiger partial charge in [0.25, 0.3) is 5.91 Å². The molecule has 0 radical (unpaired) electrons. The van der Waals surface area contributed by atoms with Crippen LogP contribution >= 0.6 is 11.8 Å². The first-order chi connectivity index (χ1) is 14.2. The molecule has 1 atom stereocenters. The SMILES string of the molecule is CC(NC(=O)c1cccnc1Sc1ccccc1)c1ccc(-n2cncn2)cc1. The van der Waals surface area contributed by atoms with Crippen molar-refractivity contribution in [2.75, 3.05) is 0 Å². The summed E-state index contributed by atoms with van der Waals surface area (Å²) in [5.74, 6) is -0.149. The maximum Gasteiger partial charge on any atom is 0.254 e. The highest BCUT2D eigenvalue weighted by molar-refractivity contribution is 7.99. The van der Waals surface area contributed by atoms with E-state index in [1.165, 1.54) is 18.1 Å². The number of hydrogen-bond donors (Lipinski definition) is 1. The largest absolute Gasteiger partial charge is 0.345 e. The van der Waals surface area contributed by atoms with Crippen LogP contribution in [0.25, 0.3) is 5.69 Å². The van der Waals surface area contributed by atoms with Crippen molar-refractivity contribution in [3.63, 3.8) is 0 Å². The van der Waals surface area contributed by atoms with E-state index in [-0.39, 0.29) is 11.9 Å². The number of benzene rings is 2. The summed E-state index contributed by atoms with van der Waals surface area (Å²) in [7, 11) is 0. The standard InChI is InChI=1S/C22H19N5OS/c1-16(17-9-11-18(12-10-17)27-15-23-14-25-27)26-21(28)20-8-5-13-24-22(20)29-19-6-3-2-4-7-19/h2-16H,1H3,(H,26,28). The Hall–Kier alpha value is -3.45. The van der Waals surface area contributed by atoms with Crippen LogP contribution in [0.2, 0.25) is 0 Å². The van der Waals surface area contributed by atoms with Gasteiger partial charge in [-0.3, -0.25) is 4.79 Å². The molecule has 0 aliphatic heterocycles. The number of hydrogen-bond acceptors (Lipinski definition) is 5. The van der Waals surface area contributed by atoms with E-state index in [1.807, 2.05) is 61.5 Å². The van der Waals surface area contributed by atoms with Gasteiger partial charge in [-0.05, 0) is 48.9 Å². The molecule has 2 aromatic carbocycles. The predicted molar refractivity (Wildman–Crippen MR) is 112 cm³/mol. The molecule has 1 amide bonds. The Balaban J connectivity index is 1.48. The monoisotopic (exact) mass is 401 g/mol. The molecule has 144 valence electrons. The molecule has 4 aromatic rings. The van der Waals surface area contributed by atoms with Gasteiger partial charge < -0.3 is 5.32 Å². The summed E-state index contributed by atoms with van der Waals surface area (Å²) in [6, 6.07) is 21.2. The second-order valence-electron chi connectivity index (χ2n) is 6.40. The fraction of sp³-hybridized carbons (Fsp3) is 0.0909.